The molecule has 0 radical (unpaired) electrons. The lowest BCUT2D eigenvalue weighted by Gasteiger charge is -2.09. The lowest BCUT2D eigenvalue weighted by atomic mass is 10.1. The summed E-state index contributed by atoms with van der Waals surface area (Å²) >= 11 is 0. The van der Waals surface area contributed by atoms with Crippen LogP contribution in [-0.4, -0.2) is 30.1 Å². The van der Waals surface area contributed by atoms with E-state index in [4.69, 9.17) is 0 Å². The van der Waals surface area contributed by atoms with Gasteiger partial charge in [0.1, 0.15) is 11.6 Å². The van der Waals surface area contributed by atoms with E-state index >= 15 is 0 Å². The number of nitrogens with one attached hydrogen (secondary N) is 2. The average Bonchev–Trinajstić information content (AvgIpc) is 3.04. The molecule has 2 aromatic carbocycles. The maximum absolute atomic E-state index is 13.2. The van der Waals surface area contributed by atoms with E-state index in [-0.39, 0.29) is 17.3 Å². The third-order valence-corrected chi connectivity index (χ3v) is 5.72. The lowest BCUT2D eigenvalue weighted by Crippen LogP contribution is -2.27. The standard InChI is InChI=1S/C19H21FN4O2S/c1-13-6-7-14(2)17(10-13)27(25,26)21-9-8-18-22-19(24-23-18)12-15-4-3-5-16(20)11-15/h3-7,10-11,21H,8-9,12H2,1-2H3,(H,22,23,24). The first-order valence-electron chi connectivity index (χ1n) is 8.55. The molecule has 27 heavy (non-hydrogen) atoms. The molecule has 0 aliphatic rings. The molecule has 142 valence electrons. The Bertz CT molecular complexity index is 1050. The fourth-order valence-electron chi connectivity index (χ4n) is 2.74. The molecule has 0 fully saturated rings. The van der Waals surface area contributed by atoms with Gasteiger partial charge in [0.2, 0.25) is 10.0 Å². The molecule has 0 atom stereocenters. The number of rotatable bonds is 7. The van der Waals surface area contributed by atoms with Crippen molar-refractivity contribution in [1.82, 2.24) is 19.9 Å². The number of hydrogen-bond acceptors (Lipinski definition) is 4. The van der Waals surface area contributed by atoms with E-state index in [0.717, 1.165) is 11.1 Å². The molecule has 0 saturated heterocycles. The van der Waals surface area contributed by atoms with Gasteiger partial charge in [-0.25, -0.2) is 22.5 Å². The highest BCUT2D eigenvalue weighted by Crippen LogP contribution is 2.16. The van der Waals surface area contributed by atoms with E-state index in [2.05, 4.69) is 19.9 Å². The highest BCUT2D eigenvalue weighted by molar-refractivity contribution is 7.89. The first-order valence-corrected chi connectivity index (χ1v) is 10.0. The Morgan fingerprint density at radius 3 is 2.74 bits per heavy atom. The Labute approximate surface area is 157 Å². The van der Waals surface area contributed by atoms with Crippen molar-refractivity contribution in [2.75, 3.05) is 6.54 Å². The Balaban J connectivity index is 1.59. The van der Waals surface area contributed by atoms with Gasteiger partial charge in [-0.3, -0.25) is 5.10 Å². The molecule has 1 aromatic heterocycles. The molecule has 0 aliphatic heterocycles. The molecule has 0 saturated carbocycles. The van der Waals surface area contributed by atoms with Gasteiger partial charge in [0.05, 0.1) is 4.90 Å². The number of nitrogens with zero attached hydrogens (tertiary/aromatic N) is 2. The zero-order valence-corrected chi connectivity index (χ0v) is 16.0. The van der Waals surface area contributed by atoms with E-state index in [9.17, 15) is 12.8 Å². The summed E-state index contributed by atoms with van der Waals surface area (Å²) in [4.78, 5) is 4.62. The molecular formula is C19H21FN4O2S. The van der Waals surface area contributed by atoms with Crippen molar-refractivity contribution in [2.45, 2.75) is 31.6 Å². The average molecular weight is 388 g/mol. The number of halogens is 1. The van der Waals surface area contributed by atoms with Gasteiger partial charge in [-0.1, -0.05) is 24.3 Å². The Kier molecular flexibility index (Phi) is 5.67. The predicted octanol–water partition coefficient (Wildman–Crippen LogP) is 2.67. The highest BCUT2D eigenvalue weighted by Gasteiger charge is 2.16. The van der Waals surface area contributed by atoms with Gasteiger partial charge in [0.15, 0.2) is 5.82 Å². The first kappa shape index (κ1) is 19.2. The van der Waals surface area contributed by atoms with Crippen LogP contribution in [-0.2, 0) is 22.9 Å². The minimum absolute atomic E-state index is 0.187. The molecule has 0 unspecified atom stereocenters. The molecule has 0 spiro atoms. The number of H-pyrrole nitrogens is 1. The van der Waals surface area contributed by atoms with E-state index in [1.165, 1.54) is 12.1 Å². The predicted molar refractivity (Wildman–Crippen MR) is 100 cm³/mol. The van der Waals surface area contributed by atoms with Gasteiger partial charge < -0.3 is 0 Å². The summed E-state index contributed by atoms with van der Waals surface area (Å²) in [6.07, 6.45) is 0.780. The van der Waals surface area contributed by atoms with Gasteiger partial charge in [0.25, 0.3) is 0 Å². The second-order valence-electron chi connectivity index (χ2n) is 6.42. The van der Waals surface area contributed by atoms with Crippen LogP contribution in [0.5, 0.6) is 0 Å². The molecular weight excluding hydrogens is 367 g/mol. The minimum atomic E-state index is -3.59. The van der Waals surface area contributed by atoms with Crippen molar-refractivity contribution in [1.29, 1.82) is 0 Å². The number of sulfonamides is 1. The zero-order valence-electron chi connectivity index (χ0n) is 15.2. The van der Waals surface area contributed by atoms with Crippen LogP contribution in [0.25, 0.3) is 0 Å². The fraction of sp³-hybridized carbons (Fsp3) is 0.263. The van der Waals surface area contributed by atoms with Crippen molar-refractivity contribution in [3.63, 3.8) is 0 Å². The Morgan fingerprint density at radius 2 is 1.96 bits per heavy atom. The number of hydrogen-bond donors (Lipinski definition) is 2. The van der Waals surface area contributed by atoms with Crippen molar-refractivity contribution < 1.29 is 12.8 Å². The van der Waals surface area contributed by atoms with Crippen LogP contribution in [0.4, 0.5) is 4.39 Å². The normalized spacial score (nSPS) is 11.7. The van der Waals surface area contributed by atoms with Crippen LogP contribution in [0.15, 0.2) is 47.4 Å². The SMILES string of the molecule is Cc1ccc(C)c(S(=O)(=O)NCCc2n[nH]c(Cc3cccc(F)c3)n2)c1. The van der Waals surface area contributed by atoms with E-state index in [0.29, 0.717) is 30.1 Å². The van der Waals surface area contributed by atoms with Crippen LogP contribution in [0, 0.1) is 19.7 Å². The minimum Gasteiger partial charge on any atom is -0.263 e. The van der Waals surface area contributed by atoms with Crippen LogP contribution < -0.4 is 4.72 Å². The third kappa shape index (κ3) is 4.99. The van der Waals surface area contributed by atoms with Crippen molar-refractivity contribution >= 4 is 10.0 Å². The van der Waals surface area contributed by atoms with Gasteiger partial charge in [-0.15, -0.1) is 0 Å². The van der Waals surface area contributed by atoms with Gasteiger partial charge in [0, 0.05) is 19.4 Å². The molecule has 0 aliphatic carbocycles. The lowest BCUT2D eigenvalue weighted by molar-refractivity contribution is 0.580. The summed E-state index contributed by atoms with van der Waals surface area (Å²) in [7, 11) is -3.59. The Hall–Kier alpha value is -2.58. The smallest absolute Gasteiger partial charge is 0.240 e. The molecule has 0 bridgehead atoms. The van der Waals surface area contributed by atoms with Crippen LogP contribution in [0.1, 0.15) is 28.3 Å². The van der Waals surface area contributed by atoms with Gasteiger partial charge >= 0.3 is 0 Å². The van der Waals surface area contributed by atoms with Gasteiger partial charge in [-0.2, -0.15) is 5.10 Å². The van der Waals surface area contributed by atoms with E-state index < -0.39 is 10.0 Å². The second-order valence-corrected chi connectivity index (χ2v) is 8.16. The molecule has 3 aromatic rings. The second kappa shape index (κ2) is 7.98. The topological polar surface area (TPSA) is 87.7 Å². The summed E-state index contributed by atoms with van der Waals surface area (Å²) in [6.45, 7) is 3.81. The maximum Gasteiger partial charge on any atom is 0.240 e. The zero-order chi connectivity index (χ0) is 19.4. The quantitative estimate of drug-likeness (QED) is 0.651. The maximum atomic E-state index is 13.2. The molecule has 8 heteroatoms. The molecule has 3 rings (SSSR count). The fourth-order valence-corrected chi connectivity index (χ4v) is 4.10. The number of aryl methyl sites for hydroxylation is 2. The first-order chi connectivity index (χ1) is 12.8. The summed E-state index contributed by atoms with van der Waals surface area (Å²) in [6, 6.07) is 11.6. The van der Waals surface area contributed by atoms with Crippen molar-refractivity contribution in [3.05, 3.63) is 76.6 Å². The number of aromatic amines is 1. The molecule has 6 nitrogen and oxygen atoms in total. The summed E-state index contributed by atoms with van der Waals surface area (Å²) in [5.41, 5.74) is 2.37. The molecule has 1 heterocycles. The van der Waals surface area contributed by atoms with Crippen LogP contribution in [0.3, 0.4) is 0 Å². The molecule has 0 amide bonds. The highest BCUT2D eigenvalue weighted by atomic mass is 32.2. The molecule has 2 N–H and O–H groups in total. The van der Waals surface area contributed by atoms with Crippen LogP contribution in [0.2, 0.25) is 0 Å². The Morgan fingerprint density at radius 1 is 1.15 bits per heavy atom. The van der Waals surface area contributed by atoms with Crippen LogP contribution >= 0.6 is 0 Å². The van der Waals surface area contributed by atoms with E-state index in [1.54, 1.807) is 25.1 Å². The monoisotopic (exact) mass is 388 g/mol. The number of benzene rings is 2. The van der Waals surface area contributed by atoms with Crippen molar-refractivity contribution in [2.24, 2.45) is 0 Å². The van der Waals surface area contributed by atoms with Crippen molar-refractivity contribution in [3.8, 4) is 0 Å². The summed E-state index contributed by atoms with van der Waals surface area (Å²) < 4.78 is 40.8. The number of aromatic nitrogens is 3. The summed E-state index contributed by atoms with van der Waals surface area (Å²) in [5.74, 6) is 0.811. The largest absolute Gasteiger partial charge is 0.263 e. The van der Waals surface area contributed by atoms with Gasteiger partial charge in [-0.05, 0) is 48.7 Å². The third-order valence-electron chi connectivity index (χ3n) is 4.11. The summed E-state index contributed by atoms with van der Waals surface area (Å²) in [5, 5.41) is 6.90. The van der Waals surface area contributed by atoms with E-state index in [1.807, 2.05) is 19.1 Å².